The third-order valence-electron chi connectivity index (χ3n) is 3.45. The van der Waals surface area contributed by atoms with Gasteiger partial charge in [-0.25, -0.2) is 0 Å². The molecular formula is C17H32N2O4. The number of hydrogen-bond donors (Lipinski definition) is 3. The van der Waals surface area contributed by atoms with E-state index in [1.807, 2.05) is 19.9 Å². The third-order valence-corrected chi connectivity index (χ3v) is 3.45. The van der Waals surface area contributed by atoms with E-state index in [0.29, 0.717) is 18.8 Å². The molecule has 1 fully saturated rings. The monoisotopic (exact) mass is 328 g/mol. The van der Waals surface area contributed by atoms with E-state index in [0.717, 1.165) is 25.8 Å². The quantitative estimate of drug-likeness (QED) is 0.617. The molecular weight excluding hydrogens is 296 g/mol. The molecule has 23 heavy (non-hydrogen) atoms. The predicted octanol–water partition coefficient (Wildman–Crippen LogP) is 1.52. The van der Waals surface area contributed by atoms with Crippen LogP contribution in [0.25, 0.3) is 0 Å². The Bertz CT molecular complexity index is 360. The molecule has 2 unspecified atom stereocenters. The molecule has 1 aliphatic heterocycles. The fourth-order valence-corrected chi connectivity index (χ4v) is 2.05. The number of amides is 2. The fraction of sp³-hybridized carbons (Fsp3) is 0.765. The van der Waals surface area contributed by atoms with Crippen molar-refractivity contribution in [2.75, 3.05) is 13.7 Å². The van der Waals surface area contributed by atoms with Crippen LogP contribution in [0.4, 0.5) is 0 Å². The number of carbonyl (C=O) groups excluding carboxylic acids is 2. The van der Waals surface area contributed by atoms with Gasteiger partial charge in [-0.2, -0.15) is 0 Å². The van der Waals surface area contributed by atoms with Gasteiger partial charge in [0.25, 0.3) is 0 Å². The zero-order chi connectivity index (χ0) is 17.7. The molecule has 6 heteroatoms. The van der Waals surface area contributed by atoms with E-state index in [1.54, 1.807) is 6.08 Å². The Morgan fingerprint density at radius 1 is 1.30 bits per heavy atom. The van der Waals surface area contributed by atoms with Crippen molar-refractivity contribution < 1.29 is 19.4 Å². The van der Waals surface area contributed by atoms with Gasteiger partial charge < -0.3 is 20.9 Å². The van der Waals surface area contributed by atoms with E-state index in [9.17, 15) is 14.7 Å². The first-order chi connectivity index (χ1) is 10.9. The van der Waals surface area contributed by atoms with Gasteiger partial charge in [0.1, 0.15) is 6.10 Å². The van der Waals surface area contributed by atoms with Crippen LogP contribution >= 0.6 is 0 Å². The minimum atomic E-state index is -0.605. The predicted molar refractivity (Wildman–Crippen MR) is 90.7 cm³/mol. The molecule has 0 saturated carbocycles. The van der Waals surface area contributed by atoms with E-state index >= 15 is 0 Å². The van der Waals surface area contributed by atoms with Crippen molar-refractivity contribution in [1.82, 2.24) is 5.32 Å². The summed E-state index contributed by atoms with van der Waals surface area (Å²) in [5.74, 6) is 0.147. The van der Waals surface area contributed by atoms with Crippen molar-refractivity contribution in [1.29, 1.82) is 0 Å². The maximum atomic E-state index is 10.8. The number of carbonyl (C=O) groups is 2. The lowest BCUT2D eigenvalue weighted by Crippen LogP contribution is -2.30. The van der Waals surface area contributed by atoms with Crippen molar-refractivity contribution in [3.63, 3.8) is 0 Å². The Labute approximate surface area is 139 Å². The van der Waals surface area contributed by atoms with Gasteiger partial charge in [0, 0.05) is 20.1 Å². The van der Waals surface area contributed by atoms with Gasteiger partial charge in [-0.15, -0.1) is 0 Å². The largest absolute Gasteiger partial charge is 0.389 e. The summed E-state index contributed by atoms with van der Waals surface area (Å²) in [5.41, 5.74) is 5.09. The summed E-state index contributed by atoms with van der Waals surface area (Å²) in [6, 6.07) is 0. The number of aliphatic hydroxyl groups excluding tert-OH is 1. The number of methoxy groups -OCH3 is 1. The molecule has 0 bridgehead atoms. The number of allylic oxidation sites excluding steroid dienone is 1. The second-order valence-corrected chi connectivity index (χ2v) is 6.06. The second kappa shape index (κ2) is 13.1. The molecule has 0 spiro atoms. The van der Waals surface area contributed by atoms with Gasteiger partial charge in [-0.3, -0.25) is 9.59 Å². The minimum absolute atomic E-state index is 0.225. The Kier molecular flexibility index (Phi) is 12.3. The first kappa shape index (κ1) is 21.6. The van der Waals surface area contributed by atoms with Gasteiger partial charge in [0.05, 0.1) is 6.10 Å². The maximum absolute atomic E-state index is 10.8. The Morgan fingerprint density at radius 3 is 2.57 bits per heavy atom. The number of hydrogen-bond acceptors (Lipinski definition) is 4. The van der Waals surface area contributed by atoms with Gasteiger partial charge in [0.15, 0.2) is 0 Å². The topological polar surface area (TPSA) is 102 Å². The molecule has 2 amide bonds. The summed E-state index contributed by atoms with van der Waals surface area (Å²) in [6.45, 7) is 4.95. The van der Waals surface area contributed by atoms with Crippen molar-refractivity contribution in [2.45, 2.75) is 64.6 Å². The lowest BCUT2D eigenvalue weighted by Gasteiger charge is -2.12. The Morgan fingerprint density at radius 2 is 2.00 bits per heavy atom. The molecule has 1 aliphatic rings. The maximum Gasteiger partial charge on any atom is 0.246 e. The van der Waals surface area contributed by atoms with Crippen LogP contribution in [0, 0.1) is 5.92 Å². The van der Waals surface area contributed by atoms with Crippen LogP contribution in [-0.2, 0) is 14.3 Å². The van der Waals surface area contributed by atoms with Crippen molar-refractivity contribution in [3.8, 4) is 0 Å². The zero-order valence-corrected chi connectivity index (χ0v) is 14.6. The number of rotatable bonds is 7. The lowest BCUT2D eigenvalue weighted by atomic mass is 10.1. The van der Waals surface area contributed by atoms with Gasteiger partial charge in [-0.1, -0.05) is 32.4 Å². The lowest BCUT2D eigenvalue weighted by molar-refractivity contribution is -0.128. The van der Waals surface area contributed by atoms with Crippen LogP contribution in [0.1, 0.15) is 52.4 Å². The van der Waals surface area contributed by atoms with Crippen molar-refractivity contribution in [2.24, 2.45) is 11.7 Å². The highest BCUT2D eigenvalue weighted by atomic mass is 16.5. The van der Waals surface area contributed by atoms with E-state index in [1.165, 1.54) is 13.5 Å². The molecule has 2 atom stereocenters. The first-order valence-electron chi connectivity index (χ1n) is 8.32. The van der Waals surface area contributed by atoms with E-state index < -0.39 is 18.1 Å². The first-order valence-corrected chi connectivity index (χ1v) is 8.32. The second-order valence-electron chi connectivity index (χ2n) is 6.06. The van der Waals surface area contributed by atoms with E-state index in [-0.39, 0.29) is 5.91 Å². The molecule has 0 aromatic carbocycles. The zero-order valence-electron chi connectivity index (χ0n) is 14.6. The summed E-state index contributed by atoms with van der Waals surface area (Å²) in [5, 5.41) is 12.3. The molecule has 1 rings (SSSR count). The molecule has 1 heterocycles. The highest BCUT2D eigenvalue weighted by Gasteiger charge is 2.14. The SMILES string of the molecule is COC(CCC(O)/C=C/C(C)C)C(N)=O.O=C1CCCCCN1. The van der Waals surface area contributed by atoms with Crippen LogP contribution in [-0.4, -0.2) is 42.8 Å². The summed E-state index contributed by atoms with van der Waals surface area (Å²) >= 11 is 0. The summed E-state index contributed by atoms with van der Waals surface area (Å²) in [6.07, 6.45) is 7.61. The Hall–Kier alpha value is -1.40. The minimum Gasteiger partial charge on any atom is -0.389 e. The van der Waals surface area contributed by atoms with E-state index in [4.69, 9.17) is 10.5 Å². The van der Waals surface area contributed by atoms with Crippen LogP contribution in [0.2, 0.25) is 0 Å². The average Bonchev–Trinajstić information content (AvgIpc) is 2.73. The van der Waals surface area contributed by atoms with Crippen LogP contribution in [0.15, 0.2) is 12.2 Å². The van der Waals surface area contributed by atoms with Gasteiger partial charge in [-0.05, 0) is 31.6 Å². The average molecular weight is 328 g/mol. The number of nitrogens with one attached hydrogen (secondary N) is 1. The molecule has 0 aliphatic carbocycles. The molecule has 1 saturated heterocycles. The molecule has 6 nitrogen and oxygen atoms in total. The molecule has 0 aromatic heterocycles. The van der Waals surface area contributed by atoms with E-state index in [2.05, 4.69) is 5.32 Å². The molecule has 4 N–H and O–H groups in total. The number of aliphatic hydroxyl groups is 1. The molecule has 0 aromatic rings. The standard InChI is InChI=1S/C11H21NO3.C6H11NO/c1-8(2)4-5-9(13)6-7-10(15-3)11(12)14;8-6-4-2-1-3-5-7-6/h4-5,8-10,13H,6-7H2,1-3H3,(H2,12,14);1-5H2,(H,7,8)/b5-4+;. The van der Waals surface area contributed by atoms with Gasteiger partial charge in [0.2, 0.25) is 11.8 Å². The molecule has 134 valence electrons. The van der Waals surface area contributed by atoms with Crippen molar-refractivity contribution >= 4 is 11.8 Å². The number of ether oxygens (including phenoxy) is 1. The van der Waals surface area contributed by atoms with Crippen LogP contribution in [0.3, 0.4) is 0 Å². The summed E-state index contributed by atoms with van der Waals surface area (Å²) < 4.78 is 4.88. The number of nitrogens with two attached hydrogens (primary N) is 1. The highest BCUT2D eigenvalue weighted by molar-refractivity contribution is 5.78. The smallest absolute Gasteiger partial charge is 0.246 e. The normalized spacial score (nSPS) is 17.9. The Balaban J connectivity index is 0.000000502. The molecule has 0 radical (unpaired) electrons. The third kappa shape index (κ3) is 12.8. The van der Waals surface area contributed by atoms with Crippen LogP contribution in [0.5, 0.6) is 0 Å². The number of primary amides is 1. The van der Waals surface area contributed by atoms with Gasteiger partial charge >= 0.3 is 0 Å². The highest BCUT2D eigenvalue weighted by Crippen LogP contribution is 2.07. The fourth-order valence-electron chi connectivity index (χ4n) is 2.05. The van der Waals surface area contributed by atoms with Crippen LogP contribution < -0.4 is 11.1 Å². The summed E-state index contributed by atoms with van der Waals surface area (Å²) in [7, 11) is 1.44. The summed E-state index contributed by atoms with van der Waals surface area (Å²) in [4.78, 5) is 21.4. The van der Waals surface area contributed by atoms with Crippen molar-refractivity contribution in [3.05, 3.63) is 12.2 Å².